The van der Waals surface area contributed by atoms with E-state index in [1.54, 1.807) is 13.2 Å². The predicted molar refractivity (Wildman–Crippen MR) is 72.2 cm³/mol. The molecular formula is C11H17IN2O3. The minimum Gasteiger partial charge on any atom is -0.377 e. The van der Waals surface area contributed by atoms with Gasteiger partial charge in [-0.05, 0) is 5.92 Å². The van der Waals surface area contributed by atoms with Gasteiger partial charge in [-0.3, -0.25) is 4.79 Å². The topological polar surface area (TPSA) is 64.4 Å². The smallest absolute Gasteiger partial charge is 0.273 e. The largest absolute Gasteiger partial charge is 0.377 e. The average Bonchev–Trinajstić information content (AvgIpc) is 2.74. The van der Waals surface area contributed by atoms with Gasteiger partial charge in [-0.15, -0.1) is 0 Å². The van der Waals surface area contributed by atoms with Crippen molar-refractivity contribution in [1.29, 1.82) is 0 Å². The zero-order valence-corrected chi connectivity index (χ0v) is 12.4. The van der Waals surface area contributed by atoms with Gasteiger partial charge in [0.1, 0.15) is 6.61 Å². The summed E-state index contributed by atoms with van der Waals surface area (Å²) < 4.78 is 10.7. The lowest BCUT2D eigenvalue weighted by Gasteiger charge is -2.18. The molecule has 0 saturated heterocycles. The third-order valence-corrected chi connectivity index (χ3v) is 3.31. The molecule has 1 unspecified atom stereocenters. The molecule has 1 amide bonds. The van der Waals surface area contributed by atoms with Crippen molar-refractivity contribution in [3.8, 4) is 0 Å². The molecule has 0 bridgehead atoms. The summed E-state index contributed by atoms with van der Waals surface area (Å²) >= 11 is 2.26. The van der Waals surface area contributed by atoms with Crippen molar-refractivity contribution < 1.29 is 14.1 Å². The number of methoxy groups -OCH3 is 1. The molecule has 0 aromatic carbocycles. The maximum Gasteiger partial charge on any atom is 0.273 e. The van der Waals surface area contributed by atoms with E-state index in [1.165, 1.54) is 0 Å². The second-order valence-corrected chi connectivity index (χ2v) is 4.97. The second-order valence-electron chi connectivity index (χ2n) is 4.09. The highest BCUT2D eigenvalue weighted by atomic mass is 127. The molecule has 0 saturated carbocycles. The number of alkyl halides is 1. The van der Waals surface area contributed by atoms with Crippen LogP contribution < -0.4 is 5.32 Å². The van der Waals surface area contributed by atoms with Crippen molar-refractivity contribution >= 4 is 28.5 Å². The summed E-state index contributed by atoms with van der Waals surface area (Å²) in [5.74, 6) is 0.737. The fraction of sp³-hybridized carbons (Fsp3) is 0.636. The minimum atomic E-state index is -0.202. The molecule has 0 aliphatic carbocycles. The Balaban J connectivity index is 2.62. The van der Waals surface area contributed by atoms with Crippen molar-refractivity contribution in [1.82, 2.24) is 10.5 Å². The zero-order chi connectivity index (χ0) is 12.8. The SMILES string of the molecule is COCc1cc(C(=O)NC(CI)C(C)C)no1. The molecule has 0 radical (unpaired) electrons. The van der Waals surface area contributed by atoms with Crippen molar-refractivity contribution in [3.63, 3.8) is 0 Å². The van der Waals surface area contributed by atoms with Crippen LogP contribution in [-0.4, -0.2) is 28.6 Å². The molecule has 0 fully saturated rings. The maximum absolute atomic E-state index is 11.9. The van der Waals surface area contributed by atoms with Gasteiger partial charge in [-0.2, -0.15) is 0 Å². The van der Waals surface area contributed by atoms with Crippen LogP contribution in [0, 0.1) is 5.92 Å². The van der Waals surface area contributed by atoms with Crippen LogP contribution in [0.2, 0.25) is 0 Å². The fourth-order valence-electron chi connectivity index (χ4n) is 1.26. The Kier molecular flexibility index (Phi) is 5.90. The van der Waals surface area contributed by atoms with Gasteiger partial charge in [0.05, 0.1) is 0 Å². The van der Waals surface area contributed by atoms with Gasteiger partial charge in [0.2, 0.25) is 0 Å². The van der Waals surface area contributed by atoms with E-state index in [-0.39, 0.29) is 11.9 Å². The number of halogens is 1. The number of carbonyl (C=O) groups is 1. The van der Waals surface area contributed by atoms with E-state index >= 15 is 0 Å². The molecule has 0 aliphatic heterocycles. The van der Waals surface area contributed by atoms with Crippen LogP contribution in [0.5, 0.6) is 0 Å². The summed E-state index contributed by atoms with van der Waals surface area (Å²) in [6, 6.07) is 1.74. The summed E-state index contributed by atoms with van der Waals surface area (Å²) in [6.45, 7) is 4.46. The number of rotatable bonds is 6. The second kappa shape index (κ2) is 6.95. The lowest BCUT2D eigenvalue weighted by molar-refractivity contribution is 0.0922. The summed E-state index contributed by atoms with van der Waals surface area (Å²) in [5.41, 5.74) is 0.299. The first kappa shape index (κ1) is 14.4. The van der Waals surface area contributed by atoms with E-state index < -0.39 is 0 Å². The molecule has 1 heterocycles. The molecule has 1 aromatic heterocycles. The Morgan fingerprint density at radius 2 is 2.35 bits per heavy atom. The van der Waals surface area contributed by atoms with Gasteiger partial charge in [0, 0.05) is 23.6 Å². The Labute approximate surface area is 114 Å². The molecule has 6 heteroatoms. The van der Waals surface area contributed by atoms with Crippen LogP contribution in [0.3, 0.4) is 0 Å². The van der Waals surface area contributed by atoms with E-state index in [9.17, 15) is 4.79 Å². The van der Waals surface area contributed by atoms with Crippen molar-refractivity contribution in [3.05, 3.63) is 17.5 Å². The van der Waals surface area contributed by atoms with Crippen molar-refractivity contribution in [2.45, 2.75) is 26.5 Å². The quantitative estimate of drug-likeness (QED) is 0.628. The normalized spacial score (nSPS) is 12.8. The van der Waals surface area contributed by atoms with E-state index in [2.05, 4.69) is 46.9 Å². The van der Waals surface area contributed by atoms with Gasteiger partial charge >= 0.3 is 0 Å². The average molecular weight is 352 g/mol. The molecule has 0 aliphatic rings. The van der Waals surface area contributed by atoms with Gasteiger partial charge in [0.25, 0.3) is 5.91 Å². The van der Waals surface area contributed by atoms with Crippen LogP contribution in [0.25, 0.3) is 0 Å². The Hall–Kier alpha value is -0.630. The van der Waals surface area contributed by atoms with Crippen LogP contribution in [0.4, 0.5) is 0 Å². The lowest BCUT2D eigenvalue weighted by Crippen LogP contribution is -2.39. The predicted octanol–water partition coefficient (Wildman–Crippen LogP) is 2.01. The standard InChI is InChI=1S/C11H17IN2O3/c1-7(2)10(5-12)13-11(15)9-4-8(6-16-3)17-14-9/h4,7,10H,5-6H2,1-3H3,(H,13,15). The number of nitrogens with one attached hydrogen (secondary N) is 1. The number of hydrogen-bond acceptors (Lipinski definition) is 4. The summed E-state index contributed by atoms with van der Waals surface area (Å²) in [4.78, 5) is 11.9. The van der Waals surface area contributed by atoms with E-state index in [1.807, 2.05) is 0 Å². The number of ether oxygens (including phenoxy) is 1. The number of carbonyl (C=O) groups excluding carboxylic acids is 1. The minimum absolute atomic E-state index is 0.144. The zero-order valence-electron chi connectivity index (χ0n) is 10.2. The first-order valence-electron chi connectivity index (χ1n) is 5.39. The third-order valence-electron chi connectivity index (χ3n) is 2.37. The first-order chi connectivity index (χ1) is 8.08. The van der Waals surface area contributed by atoms with E-state index in [4.69, 9.17) is 9.26 Å². The molecular weight excluding hydrogens is 335 g/mol. The Morgan fingerprint density at radius 3 is 2.88 bits per heavy atom. The lowest BCUT2D eigenvalue weighted by atomic mass is 10.1. The van der Waals surface area contributed by atoms with Gasteiger partial charge in [-0.25, -0.2) is 0 Å². The Morgan fingerprint density at radius 1 is 1.65 bits per heavy atom. The number of nitrogens with zero attached hydrogens (tertiary/aromatic N) is 1. The molecule has 1 aromatic rings. The highest BCUT2D eigenvalue weighted by molar-refractivity contribution is 14.1. The molecule has 96 valence electrons. The van der Waals surface area contributed by atoms with Crippen molar-refractivity contribution in [2.24, 2.45) is 5.92 Å². The van der Waals surface area contributed by atoms with Crippen molar-refractivity contribution in [2.75, 3.05) is 11.5 Å². The molecule has 1 atom stereocenters. The molecule has 0 spiro atoms. The number of hydrogen-bond donors (Lipinski definition) is 1. The molecule has 1 N–H and O–H groups in total. The van der Waals surface area contributed by atoms with Crippen LogP contribution in [0.1, 0.15) is 30.1 Å². The monoisotopic (exact) mass is 352 g/mol. The summed E-state index contributed by atoms with van der Waals surface area (Å²) in [5, 5.41) is 6.64. The highest BCUT2D eigenvalue weighted by Gasteiger charge is 2.18. The van der Waals surface area contributed by atoms with Gasteiger partial charge in [-0.1, -0.05) is 41.6 Å². The van der Waals surface area contributed by atoms with Gasteiger partial charge < -0.3 is 14.6 Å². The number of amides is 1. The third kappa shape index (κ3) is 4.27. The van der Waals surface area contributed by atoms with Gasteiger partial charge in [0.15, 0.2) is 11.5 Å². The molecule has 5 nitrogen and oxygen atoms in total. The Bertz CT molecular complexity index is 365. The van der Waals surface area contributed by atoms with Crippen LogP contribution >= 0.6 is 22.6 Å². The summed E-state index contributed by atoms with van der Waals surface area (Å²) in [6.07, 6.45) is 0. The van der Waals surface area contributed by atoms with E-state index in [0.29, 0.717) is 24.0 Å². The highest BCUT2D eigenvalue weighted by Crippen LogP contribution is 2.08. The number of aromatic nitrogens is 1. The maximum atomic E-state index is 11.9. The van der Waals surface area contributed by atoms with Crippen LogP contribution in [-0.2, 0) is 11.3 Å². The van der Waals surface area contributed by atoms with E-state index in [0.717, 1.165) is 4.43 Å². The molecule has 1 rings (SSSR count). The first-order valence-corrected chi connectivity index (χ1v) is 6.92. The van der Waals surface area contributed by atoms with Crippen LogP contribution in [0.15, 0.2) is 10.6 Å². The molecule has 17 heavy (non-hydrogen) atoms. The fourth-order valence-corrected chi connectivity index (χ4v) is 2.49. The summed E-state index contributed by atoms with van der Waals surface area (Å²) in [7, 11) is 1.56.